The molecule has 0 aliphatic rings. The van der Waals surface area contributed by atoms with Crippen LogP contribution in [0.2, 0.25) is 0 Å². The predicted octanol–water partition coefficient (Wildman–Crippen LogP) is 4.98. The number of hydrogen-bond acceptors (Lipinski definition) is 4. The van der Waals surface area contributed by atoms with Gasteiger partial charge in [0.2, 0.25) is 0 Å². The van der Waals surface area contributed by atoms with Crippen molar-refractivity contribution < 1.29 is 4.42 Å². The van der Waals surface area contributed by atoms with E-state index in [2.05, 4.69) is 35.1 Å². The number of aryl methyl sites for hydroxylation is 1. The van der Waals surface area contributed by atoms with Gasteiger partial charge >= 0.3 is 0 Å². The van der Waals surface area contributed by atoms with Crippen LogP contribution in [0, 0.1) is 6.92 Å². The minimum atomic E-state index is 0.691. The quantitative estimate of drug-likeness (QED) is 0.501. The highest BCUT2D eigenvalue weighted by atomic mass is 32.2. The van der Waals surface area contributed by atoms with Gasteiger partial charge in [0.1, 0.15) is 5.52 Å². The summed E-state index contributed by atoms with van der Waals surface area (Å²) in [6.45, 7) is 2.07. The van der Waals surface area contributed by atoms with Gasteiger partial charge in [-0.1, -0.05) is 54.2 Å². The van der Waals surface area contributed by atoms with Gasteiger partial charge in [-0.3, -0.25) is 4.98 Å². The summed E-state index contributed by atoms with van der Waals surface area (Å²) < 4.78 is 6.00. The fraction of sp³-hybridized carbons (Fsp3) is 0.111. The van der Waals surface area contributed by atoms with Gasteiger partial charge in [-0.15, -0.1) is 0 Å². The van der Waals surface area contributed by atoms with Crippen molar-refractivity contribution in [2.75, 3.05) is 0 Å². The summed E-state index contributed by atoms with van der Waals surface area (Å²) in [7, 11) is 0. The maximum Gasteiger partial charge on any atom is 0.257 e. The molecule has 0 amide bonds. The Morgan fingerprint density at radius 2 is 1.86 bits per heavy atom. The van der Waals surface area contributed by atoms with Gasteiger partial charge in [-0.05, 0) is 24.1 Å². The summed E-state index contributed by atoms with van der Waals surface area (Å²) >= 11 is 1.61. The monoisotopic (exact) mass is 306 g/mol. The van der Waals surface area contributed by atoms with E-state index in [1.165, 1.54) is 5.56 Å². The number of fused-ring (bicyclic) bond motifs is 3. The number of aromatic nitrogens is 2. The highest BCUT2D eigenvalue weighted by Gasteiger charge is 2.12. The minimum absolute atomic E-state index is 0.691. The number of pyridine rings is 1. The van der Waals surface area contributed by atoms with Crippen molar-refractivity contribution in [1.29, 1.82) is 0 Å². The summed E-state index contributed by atoms with van der Waals surface area (Å²) in [5.41, 5.74) is 5.01. The molecule has 2 aromatic carbocycles. The largest absolute Gasteiger partial charge is 0.431 e. The molecule has 0 spiro atoms. The predicted molar refractivity (Wildman–Crippen MR) is 90.1 cm³/mol. The van der Waals surface area contributed by atoms with Crippen LogP contribution in [0.15, 0.2) is 64.4 Å². The first-order valence-electron chi connectivity index (χ1n) is 7.13. The van der Waals surface area contributed by atoms with Crippen molar-refractivity contribution in [1.82, 2.24) is 9.97 Å². The summed E-state index contributed by atoms with van der Waals surface area (Å²) in [5.74, 6) is 0.845. The Labute approximate surface area is 132 Å². The second-order valence-electron chi connectivity index (χ2n) is 5.20. The molecule has 0 aliphatic carbocycles. The third-order valence-electron chi connectivity index (χ3n) is 3.64. The number of oxazole rings is 1. The SMILES string of the molecule is Cc1cccc2ncc3nc(SCc4ccccc4)oc3c12. The second kappa shape index (κ2) is 5.46. The summed E-state index contributed by atoms with van der Waals surface area (Å²) in [6.07, 6.45) is 1.78. The van der Waals surface area contributed by atoms with E-state index < -0.39 is 0 Å². The highest BCUT2D eigenvalue weighted by molar-refractivity contribution is 7.98. The molecule has 0 unspecified atom stereocenters. The van der Waals surface area contributed by atoms with E-state index in [0.717, 1.165) is 33.3 Å². The van der Waals surface area contributed by atoms with Crippen molar-refractivity contribution in [3.8, 4) is 0 Å². The third kappa shape index (κ3) is 2.35. The first-order valence-corrected chi connectivity index (χ1v) is 8.11. The number of rotatable bonds is 3. The molecule has 4 rings (SSSR count). The van der Waals surface area contributed by atoms with Crippen LogP contribution in [-0.2, 0) is 5.75 Å². The summed E-state index contributed by atoms with van der Waals surface area (Å²) in [4.78, 5) is 9.02. The molecule has 4 aromatic rings. The lowest BCUT2D eigenvalue weighted by Gasteiger charge is -2.00. The molecular weight excluding hydrogens is 292 g/mol. The van der Waals surface area contributed by atoms with Gasteiger partial charge in [-0.2, -0.15) is 0 Å². The molecule has 2 aromatic heterocycles. The topological polar surface area (TPSA) is 38.9 Å². The van der Waals surface area contributed by atoms with Crippen LogP contribution >= 0.6 is 11.8 Å². The Balaban J connectivity index is 1.73. The standard InChI is InChI=1S/C18H14N2OS/c1-12-6-5-9-14-16(12)17-15(10-19-14)20-18(21-17)22-11-13-7-3-2-4-8-13/h2-10H,11H2,1H3. The molecule has 2 heterocycles. The third-order valence-corrected chi connectivity index (χ3v) is 4.54. The van der Waals surface area contributed by atoms with Crippen LogP contribution in [0.1, 0.15) is 11.1 Å². The normalized spacial score (nSPS) is 11.3. The molecule has 0 saturated carbocycles. The molecule has 22 heavy (non-hydrogen) atoms. The molecule has 0 radical (unpaired) electrons. The van der Waals surface area contributed by atoms with Crippen molar-refractivity contribution in [3.05, 3.63) is 65.9 Å². The van der Waals surface area contributed by atoms with E-state index in [-0.39, 0.29) is 0 Å². The second-order valence-corrected chi connectivity index (χ2v) is 6.12. The summed E-state index contributed by atoms with van der Waals surface area (Å²) in [6, 6.07) is 16.4. The lowest BCUT2D eigenvalue weighted by molar-refractivity contribution is 0.491. The minimum Gasteiger partial charge on any atom is -0.431 e. The van der Waals surface area contributed by atoms with Gasteiger partial charge in [0.15, 0.2) is 5.58 Å². The lowest BCUT2D eigenvalue weighted by Crippen LogP contribution is -1.82. The lowest BCUT2D eigenvalue weighted by atomic mass is 10.1. The van der Waals surface area contributed by atoms with E-state index in [1.54, 1.807) is 18.0 Å². The van der Waals surface area contributed by atoms with E-state index in [4.69, 9.17) is 4.42 Å². The Hall–Kier alpha value is -2.33. The Bertz CT molecular complexity index is 947. The van der Waals surface area contributed by atoms with Crippen LogP contribution in [0.4, 0.5) is 0 Å². The van der Waals surface area contributed by atoms with E-state index >= 15 is 0 Å². The van der Waals surface area contributed by atoms with Crippen LogP contribution in [0.3, 0.4) is 0 Å². The molecule has 0 bridgehead atoms. The Morgan fingerprint density at radius 1 is 1.00 bits per heavy atom. The van der Waals surface area contributed by atoms with E-state index in [0.29, 0.717) is 5.22 Å². The highest BCUT2D eigenvalue weighted by Crippen LogP contribution is 2.31. The maximum atomic E-state index is 6.00. The summed E-state index contributed by atoms with van der Waals surface area (Å²) in [5, 5.41) is 1.75. The molecular formula is C18H14N2OS. The van der Waals surface area contributed by atoms with Crippen molar-refractivity contribution in [3.63, 3.8) is 0 Å². The average Bonchev–Trinajstić information content (AvgIpc) is 2.97. The number of thioether (sulfide) groups is 1. The van der Waals surface area contributed by atoms with Crippen molar-refractivity contribution in [2.24, 2.45) is 0 Å². The fourth-order valence-electron chi connectivity index (χ4n) is 2.55. The number of benzene rings is 2. The zero-order valence-corrected chi connectivity index (χ0v) is 12.9. The first-order chi connectivity index (χ1) is 10.8. The average molecular weight is 306 g/mol. The zero-order chi connectivity index (χ0) is 14.9. The molecule has 3 nitrogen and oxygen atoms in total. The smallest absolute Gasteiger partial charge is 0.257 e. The van der Waals surface area contributed by atoms with Crippen molar-refractivity contribution >= 4 is 33.8 Å². The van der Waals surface area contributed by atoms with Gasteiger partial charge in [0.25, 0.3) is 5.22 Å². The molecule has 0 atom stereocenters. The van der Waals surface area contributed by atoms with Gasteiger partial charge in [0.05, 0.1) is 11.7 Å². The number of hydrogen-bond donors (Lipinski definition) is 0. The van der Waals surface area contributed by atoms with Crippen molar-refractivity contribution in [2.45, 2.75) is 17.9 Å². The van der Waals surface area contributed by atoms with Crippen LogP contribution < -0.4 is 0 Å². The number of nitrogens with zero attached hydrogens (tertiary/aromatic N) is 2. The Morgan fingerprint density at radius 3 is 2.73 bits per heavy atom. The van der Waals surface area contributed by atoms with E-state index in [9.17, 15) is 0 Å². The first kappa shape index (κ1) is 13.3. The van der Waals surface area contributed by atoms with E-state index in [1.807, 2.05) is 30.3 Å². The zero-order valence-electron chi connectivity index (χ0n) is 12.1. The molecule has 0 N–H and O–H groups in total. The molecule has 0 fully saturated rings. The molecule has 0 aliphatic heterocycles. The van der Waals surface area contributed by atoms with Crippen LogP contribution in [0.25, 0.3) is 22.0 Å². The van der Waals surface area contributed by atoms with Gasteiger partial charge < -0.3 is 4.42 Å². The van der Waals surface area contributed by atoms with Gasteiger partial charge in [0, 0.05) is 11.1 Å². The molecule has 4 heteroatoms. The maximum absolute atomic E-state index is 6.00. The molecule has 0 saturated heterocycles. The molecule has 108 valence electrons. The van der Waals surface area contributed by atoms with Gasteiger partial charge in [-0.25, -0.2) is 4.98 Å². The Kier molecular flexibility index (Phi) is 3.31. The van der Waals surface area contributed by atoms with Crippen LogP contribution in [0.5, 0.6) is 0 Å². The van der Waals surface area contributed by atoms with Crippen LogP contribution in [-0.4, -0.2) is 9.97 Å². The fourth-order valence-corrected chi connectivity index (χ4v) is 3.33.